The summed E-state index contributed by atoms with van der Waals surface area (Å²) in [7, 11) is 2.11. The number of hydrogen-bond donors (Lipinski definition) is 2. The van der Waals surface area contributed by atoms with Crippen molar-refractivity contribution in [2.75, 3.05) is 20.1 Å². The molecule has 4 heteroatoms. The Morgan fingerprint density at radius 2 is 2.13 bits per heavy atom. The van der Waals surface area contributed by atoms with E-state index in [1.807, 2.05) is 6.92 Å². The number of nitrogens with zero attached hydrogens (tertiary/aromatic N) is 2. The van der Waals surface area contributed by atoms with Crippen LogP contribution in [-0.4, -0.2) is 36.1 Å². The third-order valence-corrected chi connectivity index (χ3v) is 3.25. The molecule has 4 nitrogen and oxygen atoms in total. The van der Waals surface area contributed by atoms with E-state index in [9.17, 15) is 0 Å². The first-order valence-corrected chi connectivity index (χ1v) is 5.79. The van der Waals surface area contributed by atoms with Crippen LogP contribution in [0.2, 0.25) is 0 Å². The van der Waals surface area contributed by atoms with Gasteiger partial charge in [0.1, 0.15) is 5.84 Å². The van der Waals surface area contributed by atoms with E-state index in [1.54, 1.807) is 0 Å². The first-order chi connectivity index (χ1) is 7.13. The molecule has 1 aliphatic rings. The Kier molecular flexibility index (Phi) is 4.88. The van der Waals surface area contributed by atoms with Crippen LogP contribution < -0.4 is 5.73 Å². The lowest BCUT2D eigenvalue weighted by atomic mass is 10.1. The molecule has 1 atom stereocenters. The van der Waals surface area contributed by atoms with Crippen molar-refractivity contribution in [1.29, 1.82) is 0 Å². The monoisotopic (exact) mass is 213 g/mol. The zero-order valence-corrected chi connectivity index (χ0v) is 9.82. The Bertz CT molecular complexity index is 212. The van der Waals surface area contributed by atoms with E-state index in [0.29, 0.717) is 5.84 Å². The van der Waals surface area contributed by atoms with Crippen LogP contribution in [0.1, 0.15) is 32.6 Å². The molecule has 0 radical (unpaired) electrons. The molecule has 0 aliphatic heterocycles. The molecule has 0 saturated heterocycles. The Hall–Kier alpha value is -0.770. The lowest BCUT2D eigenvalue weighted by Crippen LogP contribution is -2.34. The summed E-state index contributed by atoms with van der Waals surface area (Å²) in [5, 5.41) is 11.6. The molecule has 1 aliphatic carbocycles. The average molecular weight is 213 g/mol. The molecule has 15 heavy (non-hydrogen) atoms. The summed E-state index contributed by atoms with van der Waals surface area (Å²) in [4.78, 5) is 2.29. The molecule has 0 heterocycles. The standard InChI is InChI=1S/C11H23N3O/c1-9(11(12)13-15)7-14(2)8-10-5-3-4-6-10/h9-10,15H,3-8H2,1-2H3,(H2,12,13). The van der Waals surface area contributed by atoms with E-state index in [0.717, 1.165) is 19.0 Å². The van der Waals surface area contributed by atoms with Gasteiger partial charge < -0.3 is 15.8 Å². The number of amidine groups is 1. The van der Waals surface area contributed by atoms with Crippen LogP contribution in [0.3, 0.4) is 0 Å². The van der Waals surface area contributed by atoms with E-state index in [-0.39, 0.29) is 5.92 Å². The molecule has 3 N–H and O–H groups in total. The van der Waals surface area contributed by atoms with Gasteiger partial charge >= 0.3 is 0 Å². The molecular weight excluding hydrogens is 190 g/mol. The van der Waals surface area contributed by atoms with Crippen molar-refractivity contribution in [3.63, 3.8) is 0 Å². The molecule has 1 unspecified atom stereocenters. The van der Waals surface area contributed by atoms with Crippen LogP contribution in [0, 0.1) is 11.8 Å². The average Bonchev–Trinajstić information content (AvgIpc) is 2.68. The molecule has 0 aromatic carbocycles. The maximum absolute atomic E-state index is 8.55. The predicted molar refractivity (Wildman–Crippen MR) is 62.0 cm³/mol. The van der Waals surface area contributed by atoms with Crippen LogP contribution in [0.4, 0.5) is 0 Å². The van der Waals surface area contributed by atoms with Gasteiger partial charge in [-0.15, -0.1) is 0 Å². The highest BCUT2D eigenvalue weighted by atomic mass is 16.4. The lowest BCUT2D eigenvalue weighted by molar-refractivity contribution is 0.259. The van der Waals surface area contributed by atoms with E-state index in [1.165, 1.54) is 25.7 Å². The van der Waals surface area contributed by atoms with E-state index in [4.69, 9.17) is 10.9 Å². The summed E-state index contributed by atoms with van der Waals surface area (Å²) in [6, 6.07) is 0. The Morgan fingerprint density at radius 1 is 1.53 bits per heavy atom. The fraction of sp³-hybridized carbons (Fsp3) is 0.909. The highest BCUT2D eigenvalue weighted by molar-refractivity contribution is 5.82. The molecule has 88 valence electrons. The second-order valence-corrected chi connectivity index (χ2v) is 4.80. The first-order valence-electron chi connectivity index (χ1n) is 5.79. The molecule has 0 bridgehead atoms. The highest BCUT2D eigenvalue weighted by Gasteiger charge is 2.18. The molecule has 1 saturated carbocycles. The molecule has 1 fully saturated rings. The smallest absolute Gasteiger partial charge is 0.143 e. The largest absolute Gasteiger partial charge is 0.409 e. The van der Waals surface area contributed by atoms with Gasteiger partial charge in [-0.2, -0.15) is 0 Å². The Morgan fingerprint density at radius 3 is 2.67 bits per heavy atom. The normalized spacial score (nSPS) is 21.1. The topological polar surface area (TPSA) is 61.8 Å². The van der Waals surface area contributed by atoms with Crippen molar-refractivity contribution in [1.82, 2.24) is 4.90 Å². The van der Waals surface area contributed by atoms with Crippen molar-refractivity contribution in [3.05, 3.63) is 0 Å². The van der Waals surface area contributed by atoms with Crippen molar-refractivity contribution >= 4 is 5.84 Å². The maximum atomic E-state index is 8.55. The molecular formula is C11H23N3O. The highest BCUT2D eigenvalue weighted by Crippen LogP contribution is 2.25. The predicted octanol–water partition coefficient (Wildman–Crippen LogP) is 1.49. The number of oxime groups is 1. The van der Waals surface area contributed by atoms with Crippen molar-refractivity contribution in [2.24, 2.45) is 22.7 Å². The molecule has 0 spiro atoms. The zero-order chi connectivity index (χ0) is 11.3. The first kappa shape index (κ1) is 12.3. The van der Waals surface area contributed by atoms with Gasteiger partial charge in [-0.25, -0.2) is 0 Å². The quantitative estimate of drug-likeness (QED) is 0.315. The SMILES string of the molecule is CC(CN(C)CC1CCCC1)C(N)=NO. The van der Waals surface area contributed by atoms with E-state index < -0.39 is 0 Å². The van der Waals surface area contributed by atoms with Gasteiger partial charge in [-0.05, 0) is 25.8 Å². The summed E-state index contributed by atoms with van der Waals surface area (Å²) in [6.45, 7) is 4.00. The van der Waals surface area contributed by atoms with Crippen LogP contribution >= 0.6 is 0 Å². The summed E-state index contributed by atoms with van der Waals surface area (Å²) in [5.74, 6) is 1.31. The van der Waals surface area contributed by atoms with Gasteiger partial charge in [0.25, 0.3) is 0 Å². The van der Waals surface area contributed by atoms with Crippen molar-refractivity contribution < 1.29 is 5.21 Å². The summed E-state index contributed by atoms with van der Waals surface area (Å²) in [6.07, 6.45) is 5.49. The molecule has 0 amide bonds. The van der Waals surface area contributed by atoms with Gasteiger partial charge in [0.15, 0.2) is 0 Å². The molecule has 1 rings (SSSR count). The third-order valence-electron chi connectivity index (χ3n) is 3.25. The maximum Gasteiger partial charge on any atom is 0.143 e. The minimum absolute atomic E-state index is 0.126. The van der Waals surface area contributed by atoms with Crippen LogP contribution in [-0.2, 0) is 0 Å². The second kappa shape index (κ2) is 5.95. The zero-order valence-electron chi connectivity index (χ0n) is 9.82. The van der Waals surface area contributed by atoms with Gasteiger partial charge in [0.2, 0.25) is 0 Å². The fourth-order valence-electron chi connectivity index (χ4n) is 2.37. The Labute approximate surface area is 92.1 Å². The van der Waals surface area contributed by atoms with Crippen molar-refractivity contribution in [2.45, 2.75) is 32.6 Å². The van der Waals surface area contributed by atoms with Gasteiger partial charge in [-0.1, -0.05) is 24.9 Å². The van der Waals surface area contributed by atoms with Crippen molar-refractivity contribution in [3.8, 4) is 0 Å². The third kappa shape index (κ3) is 4.08. The van der Waals surface area contributed by atoms with E-state index >= 15 is 0 Å². The minimum Gasteiger partial charge on any atom is -0.409 e. The van der Waals surface area contributed by atoms with E-state index in [2.05, 4.69) is 17.1 Å². The summed E-state index contributed by atoms with van der Waals surface area (Å²) < 4.78 is 0. The molecule has 0 aromatic rings. The number of hydrogen-bond acceptors (Lipinski definition) is 3. The van der Waals surface area contributed by atoms with Crippen LogP contribution in [0.15, 0.2) is 5.16 Å². The Balaban J connectivity index is 2.25. The minimum atomic E-state index is 0.126. The summed E-state index contributed by atoms with van der Waals surface area (Å²) >= 11 is 0. The number of nitrogens with two attached hydrogens (primary N) is 1. The van der Waals surface area contributed by atoms with Crippen LogP contribution in [0.5, 0.6) is 0 Å². The number of rotatable bonds is 5. The second-order valence-electron chi connectivity index (χ2n) is 4.80. The van der Waals surface area contributed by atoms with Crippen LogP contribution in [0.25, 0.3) is 0 Å². The summed E-state index contributed by atoms with van der Waals surface area (Å²) in [5.41, 5.74) is 5.55. The van der Waals surface area contributed by atoms with Gasteiger partial charge in [0.05, 0.1) is 0 Å². The molecule has 0 aromatic heterocycles. The fourth-order valence-corrected chi connectivity index (χ4v) is 2.37. The van der Waals surface area contributed by atoms with Gasteiger partial charge in [-0.3, -0.25) is 0 Å². The van der Waals surface area contributed by atoms with Gasteiger partial charge in [0, 0.05) is 19.0 Å². The lowest BCUT2D eigenvalue weighted by Gasteiger charge is -2.23.